The zero-order chi connectivity index (χ0) is 19.0. The van der Waals surface area contributed by atoms with Crippen molar-refractivity contribution in [1.82, 2.24) is 9.58 Å². The Balaban J connectivity index is 0.00000196. The summed E-state index contributed by atoms with van der Waals surface area (Å²) < 4.78 is 21.8. The lowest BCUT2D eigenvalue weighted by atomic mass is 10.1. The van der Waals surface area contributed by atoms with Gasteiger partial charge in [0.25, 0.3) is 0 Å². The number of anilines is 1. The quantitative estimate of drug-likeness (QED) is 0.752. The fourth-order valence-electron chi connectivity index (χ4n) is 3.26. The summed E-state index contributed by atoms with van der Waals surface area (Å²) in [5, 5.41) is 9.20. The summed E-state index contributed by atoms with van der Waals surface area (Å²) in [5.74, 6) is -1.78. The number of halogens is 3. The van der Waals surface area contributed by atoms with Crippen molar-refractivity contribution >= 4 is 47.4 Å². The number of nitrogens with one attached hydrogen (secondary N) is 1. The highest BCUT2D eigenvalue weighted by Crippen LogP contribution is 2.38. The average molecular weight is 437 g/mol. The molecule has 11 heteroatoms. The Morgan fingerprint density at radius 1 is 1.25 bits per heavy atom. The van der Waals surface area contributed by atoms with Gasteiger partial charge < -0.3 is 25.1 Å². The molecular formula is C17H23Cl2FN4O4. The maximum atomic E-state index is 14.9. The Kier molecular flexibility index (Phi) is 7.92. The van der Waals surface area contributed by atoms with E-state index in [2.05, 4.69) is 10.3 Å². The van der Waals surface area contributed by atoms with Gasteiger partial charge in [-0.3, -0.25) is 9.47 Å². The maximum absolute atomic E-state index is 14.9. The molecule has 3 rings (SSSR count). The topological polar surface area (TPSA) is 87.0 Å². The van der Waals surface area contributed by atoms with E-state index < -0.39 is 22.8 Å². The minimum absolute atomic E-state index is 0. The highest BCUT2D eigenvalue weighted by molar-refractivity contribution is 5.97. The number of fused-ring (bicyclic) bond motifs is 1. The van der Waals surface area contributed by atoms with Crippen LogP contribution in [-0.4, -0.2) is 68.0 Å². The van der Waals surface area contributed by atoms with E-state index in [0.717, 1.165) is 19.2 Å². The molecule has 8 nitrogen and oxygen atoms in total. The molecule has 0 saturated carbocycles. The summed E-state index contributed by atoms with van der Waals surface area (Å²) in [6.07, 6.45) is 1.18. The van der Waals surface area contributed by atoms with Crippen LogP contribution in [-0.2, 0) is 0 Å². The van der Waals surface area contributed by atoms with E-state index >= 15 is 0 Å². The van der Waals surface area contributed by atoms with E-state index in [1.807, 2.05) is 11.9 Å². The van der Waals surface area contributed by atoms with Crippen LogP contribution in [0.4, 0.5) is 10.1 Å². The van der Waals surface area contributed by atoms with Gasteiger partial charge in [-0.05, 0) is 13.1 Å². The Bertz CT molecular complexity index is 930. The fourth-order valence-corrected chi connectivity index (χ4v) is 3.26. The number of hydrogen-bond acceptors (Lipinski definition) is 6. The normalized spacial score (nSPS) is 14.2. The number of pyridine rings is 1. The number of methoxy groups -OCH3 is 1. The first kappa shape index (κ1) is 23.8. The molecule has 0 radical (unpaired) electrons. The van der Waals surface area contributed by atoms with Crippen LogP contribution in [0.25, 0.3) is 10.9 Å². The number of carboxylic acids is 1. The number of piperazine rings is 1. The number of hydrogen-bond donors (Lipinski definition) is 2. The minimum atomic E-state index is -1.37. The third-order valence-electron chi connectivity index (χ3n) is 4.67. The molecule has 156 valence electrons. The van der Waals surface area contributed by atoms with E-state index in [1.54, 1.807) is 7.05 Å². The first-order valence-electron chi connectivity index (χ1n) is 8.19. The molecule has 0 bridgehead atoms. The molecule has 2 N–H and O–H groups in total. The zero-order valence-corrected chi connectivity index (χ0v) is 17.3. The predicted octanol–water partition coefficient (Wildman–Crippen LogP) is 1.62. The Morgan fingerprint density at radius 2 is 1.86 bits per heavy atom. The van der Waals surface area contributed by atoms with Gasteiger partial charge in [0, 0.05) is 39.4 Å². The average Bonchev–Trinajstić information content (AvgIpc) is 2.62. The largest absolute Gasteiger partial charge is 0.492 e. The maximum Gasteiger partial charge on any atom is 0.341 e. The van der Waals surface area contributed by atoms with Gasteiger partial charge in [0.2, 0.25) is 5.43 Å². The molecule has 0 atom stereocenters. The van der Waals surface area contributed by atoms with Gasteiger partial charge in [-0.1, -0.05) is 0 Å². The van der Waals surface area contributed by atoms with Crippen LogP contribution >= 0.6 is 24.8 Å². The number of benzene rings is 1. The summed E-state index contributed by atoms with van der Waals surface area (Å²) in [4.78, 5) is 27.9. The molecule has 1 saturated heterocycles. The highest BCUT2D eigenvalue weighted by atomic mass is 35.5. The molecule has 0 unspecified atom stereocenters. The third kappa shape index (κ3) is 3.96. The number of nitrogens with zero attached hydrogens (tertiary/aromatic N) is 3. The summed E-state index contributed by atoms with van der Waals surface area (Å²) >= 11 is 0. The summed E-state index contributed by atoms with van der Waals surface area (Å²) in [6.45, 7) is 2.79. The van der Waals surface area contributed by atoms with Gasteiger partial charge in [0.05, 0.1) is 12.5 Å². The van der Waals surface area contributed by atoms with Crippen LogP contribution in [0.2, 0.25) is 0 Å². The second-order valence-corrected chi connectivity index (χ2v) is 6.20. The fraction of sp³-hybridized carbons (Fsp3) is 0.412. The molecule has 2 heterocycles. The van der Waals surface area contributed by atoms with E-state index in [0.29, 0.717) is 18.6 Å². The van der Waals surface area contributed by atoms with Gasteiger partial charge in [-0.2, -0.15) is 0 Å². The first-order valence-corrected chi connectivity index (χ1v) is 8.19. The predicted molar refractivity (Wildman–Crippen MR) is 111 cm³/mol. The second-order valence-electron chi connectivity index (χ2n) is 6.20. The monoisotopic (exact) mass is 436 g/mol. The number of aromatic carboxylic acids is 1. The molecule has 28 heavy (non-hydrogen) atoms. The van der Waals surface area contributed by atoms with Crippen LogP contribution < -0.4 is 20.5 Å². The number of carbonyl (C=O) groups is 1. The molecule has 1 aromatic heterocycles. The van der Waals surface area contributed by atoms with Crippen molar-refractivity contribution < 1.29 is 19.0 Å². The van der Waals surface area contributed by atoms with Crippen molar-refractivity contribution in [3.8, 4) is 5.75 Å². The lowest BCUT2D eigenvalue weighted by Gasteiger charge is -2.35. The van der Waals surface area contributed by atoms with Crippen molar-refractivity contribution in [3.05, 3.63) is 33.9 Å². The molecule has 1 aromatic carbocycles. The van der Waals surface area contributed by atoms with Gasteiger partial charge >= 0.3 is 5.97 Å². The summed E-state index contributed by atoms with van der Waals surface area (Å²) in [7, 11) is 4.98. The standard InChI is InChI=1S/C17H21FN4O4.2ClH/c1-19-22-9-11(17(24)25)15(23)10-8-12(18)14(16(26-3)13(10)22)21-6-4-20(2)5-7-21;;/h8-9,19H,4-7H2,1-3H3,(H,24,25);2*1H. The minimum Gasteiger partial charge on any atom is -0.492 e. The van der Waals surface area contributed by atoms with Crippen LogP contribution in [0.3, 0.4) is 0 Å². The molecule has 1 aliphatic rings. The lowest BCUT2D eigenvalue weighted by Crippen LogP contribution is -2.45. The molecule has 1 aliphatic heterocycles. The number of aromatic nitrogens is 1. The van der Waals surface area contributed by atoms with E-state index in [4.69, 9.17) is 4.74 Å². The van der Waals surface area contributed by atoms with Crippen molar-refractivity contribution in [2.45, 2.75) is 0 Å². The van der Waals surface area contributed by atoms with Gasteiger partial charge in [-0.15, -0.1) is 24.8 Å². The number of carboxylic acid groups (broad SMARTS) is 1. The third-order valence-corrected chi connectivity index (χ3v) is 4.67. The van der Waals surface area contributed by atoms with E-state index in [9.17, 15) is 19.1 Å². The first-order chi connectivity index (χ1) is 12.4. The highest BCUT2D eigenvalue weighted by Gasteiger charge is 2.27. The zero-order valence-electron chi connectivity index (χ0n) is 15.7. The van der Waals surface area contributed by atoms with E-state index in [1.165, 1.54) is 18.0 Å². The Hall–Kier alpha value is -2.23. The molecule has 1 fully saturated rings. The van der Waals surface area contributed by atoms with Gasteiger partial charge in [0.1, 0.15) is 16.8 Å². The molecule has 0 spiro atoms. The molecule has 0 aliphatic carbocycles. The molecular weight excluding hydrogens is 414 g/mol. The number of ether oxygens (including phenoxy) is 1. The summed E-state index contributed by atoms with van der Waals surface area (Å²) in [5.41, 5.74) is 2.20. The Morgan fingerprint density at radius 3 is 2.36 bits per heavy atom. The van der Waals surface area contributed by atoms with Crippen molar-refractivity contribution in [2.24, 2.45) is 0 Å². The Labute approximate surface area is 173 Å². The van der Waals surface area contributed by atoms with E-state index in [-0.39, 0.29) is 41.6 Å². The number of rotatable bonds is 4. The molecule has 2 aromatic rings. The van der Waals surface area contributed by atoms with Gasteiger partial charge in [-0.25, -0.2) is 9.18 Å². The molecule has 0 amide bonds. The van der Waals surface area contributed by atoms with Crippen molar-refractivity contribution in [1.29, 1.82) is 0 Å². The second kappa shape index (κ2) is 9.31. The van der Waals surface area contributed by atoms with Gasteiger partial charge in [0.15, 0.2) is 11.6 Å². The lowest BCUT2D eigenvalue weighted by molar-refractivity contribution is 0.0695. The van der Waals surface area contributed by atoms with Crippen LogP contribution in [0.5, 0.6) is 5.75 Å². The SMILES string of the molecule is CNn1cc(C(=O)O)c(=O)c2cc(F)c(N3CCN(C)CC3)c(OC)c21.Cl.Cl. The summed E-state index contributed by atoms with van der Waals surface area (Å²) in [6, 6.07) is 1.09. The van der Waals surface area contributed by atoms with Crippen molar-refractivity contribution in [3.63, 3.8) is 0 Å². The van der Waals surface area contributed by atoms with Crippen molar-refractivity contribution in [2.75, 3.05) is 57.7 Å². The van der Waals surface area contributed by atoms with Crippen LogP contribution in [0.15, 0.2) is 17.1 Å². The van der Waals surface area contributed by atoms with Crippen LogP contribution in [0.1, 0.15) is 10.4 Å². The number of likely N-dealkylation sites (N-methyl/N-ethyl adjacent to an activating group) is 1. The van der Waals surface area contributed by atoms with Crippen LogP contribution in [0, 0.1) is 5.82 Å². The smallest absolute Gasteiger partial charge is 0.341 e.